The molecule has 100 valence electrons. The van der Waals surface area contributed by atoms with Gasteiger partial charge in [-0.3, -0.25) is 4.79 Å². The molecule has 0 radical (unpaired) electrons. The third kappa shape index (κ3) is 5.48. The van der Waals surface area contributed by atoms with E-state index >= 15 is 0 Å². The zero-order valence-electron chi connectivity index (χ0n) is 11.2. The number of nitrogens with zero attached hydrogens (tertiary/aromatic N) is 1. The Kier molecular flexibility index (Phi) is 6.47. The van der Waals surface area contributed by atoms with Crippen molar-refractivity contribution in [2.75, 3.05) is 40.4 Å². The van der Waals surface area contributed by atoms with Crippen LogP contribution in [0.5, 0.6) is 0 Å². The predicted octanol–water partition coefficient (Wildman–Crippen LogP) is -0.179. The minimum atomic E-state index is 0.0497. The summed E-state index contributed by atoms with van der Waals surface area (Å²) in [5.74, 6) is 0.0497. The molecule has 0 aromatic rings. The van der Waals surface area contributed by atoms with Crippen LogP contribution in [0.2, 0.25) is 0 Å². The zero-order valence-corrected chi connectivity index (χ0v) is 11.2. The molecule has 2 unspecified atom stereocenters. The molecule has 1 aliphatic heterocycles. The summed E-state index contributed by atoms with van der Waals surface area (Å²) in [5, 5.41) is 6.13. The van der Waals surface area contributed by atoms with E-state index in [0.717, 1.165) is 19.4 Å². The molecule has 1 amide bonds. The fraction of sp³-hybridized carbons (Fsp3) is 0.917. The molecule has 1 aliphatic rings. The highest BCUT2D eigenvalue weighted by Crippen LogP contribution is 2.14. The average molecular weight is 243 g/mol. The summed E-state index contributed by atoms with van der Waals surface area (Å²) in [6, 6.07) is 1.06. The largest absolute Gasteiger partial charge is 0.383 e. The first-order valence-electron chi connectivity index (χ1n) is 6.32. The van der Waals surface area contributed by atoms with E-state index in [9.17, 15) is 4.79 Å². The monoisotopic (exact) mass is 243 g/mol. The van der Waals surface area contributed by atoms with Gasteiger partial charge in [0.25, 0.3) is 0 Å². The Morgan fingerprint density at radius 1 is 1.53 bits per heavy atom. The van der Waals surface area contributed by atoms with Gasteiger partial charge in [-0.05, 0) is 33.4 Å². The van der Waals surface area contributed by atoms with Gasteiger partial charge in [0.05, 0.1) is 13.2 Å². The smallest absolute Gasteiger partial charge is 0.234 e. The fourth-order valence-corrected chi connectivity index (χ4v) is 2.07. The first-order valence-corrected chi connectivity index (χ1v) is 6.32. The normalized spacial score (nSPS) is 25.8. The SMILES string of the molecule is COCCNC(=O)CNC1CCN(C)C(C)C1. The lowest BCUT2D eigenvalue weighted by Gasteiger charge is -2.35. The molecule has 1 saturated heterocycles. The van der Waals surface area contributed by atoms with Crippen molar-refractivity contribution in [2.24, 2.45) is 0 Å². The summed E-state index contributed by atoms with van der Waals surface area (Å²) in [4.78, 5) is 13.8. The fourth-order valence-electron chi connectivity index (χ4n) is 2.07. The van der Waals surface area contributed by atoms with Crippen LogP contribution in [0.15, 0.2) is 0 Å². The Hall–Kier alpha value is -0.650. The van der Waals surface area contributed by atoms with Crippen molar-refractivity contribution >= 4 is 5.91 Å². The summed E-state index contributed by atoms with van der Waals surface area (Å²) in [5.41, 5.74) is 0. The van der Waals surface area contributed by atoms with Crippen LogP contribution < -0.4 is 10.6 Å². The second kappa shape index (κ2) is 7.63. The topological polar surface area (TPSA) is 53.6 Å². The van der Waals surface area contributed by atoms with Gasteiger partial charge in [-0.15, -0.1) is 0 Å². The molecule has 0 aromatic carbocycles. The second-order valence-corrected chi connectivity index (χ2v) is 4.77. The molecule has 0 saturated carbocycles. The van der Waals surface area contributed by atoms with Crippen LogP contribution in [0.25, 0.3) is 0 Å². The van der Waals surface area contributed by atoms with Gasteiger partial charge in [0.2, 0.25) is 5.91 Å². The summed E-state index contributed by atoms with van der Waals surface area (Å²) in [6.07, 6.45) is 2.23. The lowest BCUT2D eigenvalue weighted by Crippen LogP contribution is -2.48. The van der Waals surface area contributed by atoms with Crippen molar-refractivity contribution < 1.29 is 9.53 Å². The molecule has 0 aliphatic carbocycles. The van der Waals surface area contributed by atoms with E-state index in [1.807, 2.05) is 0 Å². The van der Waals surface area contributed by atoms with Gasteiger partial charge in [-0.1, -0.05) is 0 Å². The average Bonchev–Trinajstić information content (AvgIpc) is 2.31. The number of carbonyl (C=O) groups is 1. The molecule has 17 heavy (non-hydrogen) atoms. The van der Waals surface area contributed by atoms with E-state index in [2.05, 4.69) is 29.5 Å². The number of likely N-dealkylation sites (tertiary alicyclic amines) is 1. The molecule has 2 atom stereocenters. The molecular weight excluding hydrogens is 218 g/mol. The van der Waals surface area contributed by atoms with Crippen LogP contribution in [0.4, 0.5) is 0 Å². The lowest BCUT2D eigenvalue weighted by atomic mass is 9.99. The number of hydrogen-bond donors (Lipinski definition) is 2. The molecule has 0 spiro atoms. The van der Waals surface area contributed by atoms with Crippen LogP contribution >= 0.6 is 0 Å². The highest BCUT2D eigenvalue weighted by Gasteiger charge is 2.22. The predicted molar refractivity (Wildman–Crippen MR) is 68.0 cm³/mol. The first-order chi connectivity index (χ1) is 8.13. The van der Waals surface area contributed by atoms with Crippen molar-refractivity contribution in [3.63, 3.8) is 0 Å². The molecule has 5 heteroatoms. The molecule has 2 N–H and O–H groups in total. The molecule has 1 fully saturated rings. The van der Waals surface area contributed by atoms with Gasteiger partial charge < -0.3 is 20.3 Å². The molecule has 1 rings (SSSR count). The Morgan fingerprint density at radius 2 is 2.29 bits per heavy atom. The molecule has 5 nitrogen and oxygen atoms in total. The number of nitrogens with one attached hydrogen (secondary N) is 2. The first kappa shape index (κ1) is 14.4. The van der Waals surface area contributed by atoms with E-state index in [1.54, 1.807) is 7.11 Å². The van der Waals surface area contributed by atoms with Gasteiger partial charge >= 0.3 is 0 Å². The Labute approximate surface area is 104 Å². The number of piperidine rings is 1. The standard InChI is InChI=1S/C12H25N3O2/c1-10-8-11(4-6-15(10)2)14-9-12(16)13-5-7-17-3/h10-11,14H,4-9H2,1-3H3,(H,13,16). The van der Waals surface area contributed by atoms with Crippen LogP contribution in [0, 0.1) is 0 Å². The number of ether oxygens (including phenoxy) is 1. The maximum absolute atomic E-state index is 11.5. The maximum atomic E-state index is 11.5. The van der Waals surface area contributed by atoms with E-state index in [-0.39, 0.29) is 5.91 Å². The molecule has 0 bridgehead atoms. The summed E-state index contributed by atoms with van der Waals surface area (Å²) < 4.78 is 4.87. The van der Waals surface area contributed by atoms with E-state index in [0.29, 0.717) is 31.8 Å². The number of amides is 1. The Bertz CT molecular complexity index is 236. The van der Waals surface area contributed by atoms with E-state index in [1.165, 1.54) is 0 Å². The van der Waals surface area contributed by atoms with Crippen LogP contribution in [0.3, 0.4) is 0 Å². The maximum Gasteiger partial charge on any atom is 0.234 e. The quantitative estimate of drug-likeness (QED) is 0.636. The minimum absolute atomic E-state index is 0.0497. The number of hydrogen-bond acceptors (Lipinski definition) is 4. The van der Waals surface area contributed by atoms with Crippen LogP contribution in [0.1, 0.15) is 19.8 Å². The molecular formula is C12H25N3O2. The highest BCUT2D eigenvalue weighted by molar-refractivity contribution is 5.77. The third-order valence-electron chi connectivity index (χ3n) is 3.39. The van der Waals surface area contributed by atoms with Crippen molar-refractivity contribution in [3.8, 4) is 0 Å². The third-order valence-corrected chi connectivity index (χ3v) is 3.39. The van der Waals surface area contributed by atoms with E-state index in [4.69, 9.17) is 4.74 Å². The minimum Gasteiger partial charge on any atom is -0.383 e. The number of rotatable bonds is 6. The van der Waals surface area contributed by atoms with Gasteiger partial charge in [0.15, 0.2) is 0 Å². The Balaban J connectivity index is 2.11. The lowest BCUT2D eigenvalue weighted by molar-refractivity contribution is -0.120. The van der Waals surface area contributed by atoms with Gasteiger partial charge in [-0.2, -0.15) is 0 Å². The molecule has 1 heterocycles. The van der Waals surface area contributed by atoms with E-state index < -0.39 is 0 Å². The van der Waals surface area contributed by atoms with Crippen LogP contribution in [-0.2, 0) is 9.53 Å². The number of carbonyl (C=O) groups excluding carboxylic acids is 1. The second-order valence-electron chi connectivity index (χ2n) is 4.77. The van der Waals surface area contributed by atoms with Crippen molar-refractivity contribution in [1.82, 2.24) is 15.5 Å². The van der Waals surface area contributed by atoms with Gasteiger partial charge in [-0.25, -0.2) is 0 Å². The summed E-state index contributed by atoms with van der Waals surface area (Å²) >= 11 is 0. The van der Waals surface area contributed by atoms with Crippen molar-refractivity contribution in [2.45, 2.75) is 31.8 Å². The molecule has 0 aromatic heterocycles. The number of methoxy groups -OCH3 is 1. The highest BCUT2D eigenvalue weighted by atomic mass is 16.5. The van der Waals surface area contributed by atoms with Crippen molar-refractivity contribution in [1.29, 1.82) is 0 Å². The van der Waals surface area contributed by atoms with Crippen LogP contribution in [-0.4, -0.2) is 63.3 Å². The summed E-state index contributed by atoms with van der Waals surface area (Å²) in [7, 11) is 3.78. The summed E-state index contributed by atoms with van der Waals surface area (Å²) in [6.45, 7) is 4.89. The van der Waals surface area contributed by atoms with Gasteiger partial charge in [0, 0.05) is 25.7 Å². The zero-order chi connectivity index (χ0) is 12.7. The van der Waals surface area contributed by atoms with Crippen molar-refractivity contribution in [3.05, 3.63) is 0 Å². The van der Waals surface area contributed by atoms with Gasteiger partial charge in [0.1, 0.15) is 0 Å². The Morgan fingerprint density at radius 3 is 2.94 bits per heavy atom.